The fourth-order valence-electron chi connectivity index (χ4n) is 3.45. The molecule has 1 saturated heterocycles. The third-order valence-corrected chi connectivity index (χ3v) is 4.94. The third-order valence-electron chi connectivity index (χ3n) is 4.71. The van der Waals surface area contributed by atoms with Crippen LogP contribution >= 0.6 is 11.6 Å². The SMILES string of the molecule is COC(c1ccccc1)C1CCN(C(=O)c2cccc(Cl)c2)CC1. The van der Waals surface area contributed by atoms with Crippen LogP contribution in [0.15, 0.2) is 54.6 Å². The lowest BCUT2D eigenvalue weighted by atomic mass is 9.87. The standard InChI is InChI=1S/C20H22ClNO2/c1-24-19(15-6-3-2-4-7-15)16-10-12-22(13-11-16)20(23)17-8-5-9-18(21)14-17/h2-9,14,16,19H,10-13H2,1H3. The minimum absolute atomic E-state index is 0.0598. The topological polar surface area (TPSA) is 29.5 Å². The quantitative estimate of drug-likeness (QED) is 0.813. The van der Waals surface area contributed by atoms with Crippen molar-refractivity contribution in [3.8, 4) is 0 Å². The number of ether oxygens (including phenoxy) is 1. The van der Waals surface area contributed by atoms with E-state index in [1.165, 1.54) is 5.56 Å². The van der Waals surface area contributed by atoms with Crippen LogP contribution in [0.3, 0.4) is 0 Å². The molecule has 0 aliphatic carbocycles. The van der Waals surface area contributed by atoms with Gasteiger partial charge in [0.15, 0.2) is 0 Å². The van der Waals surface area contributed by atoms with E-state index in [0.717, 1.165) is 25.9 Å². The smallest absolute Gasteiger partial charge is 0.253 e. The minimum atomic E-state index is 0.0598. The Hall–Kier alpha value is -1.84. The maximum absolute atomic E-state index is 12.6. The van der Waals surface area contributed by atoms with E-state index in [-0.39, 0.29) is 12.0 Å². The number of methoxy groups -OCH3 is 1. The van der Waals surface area contributed by atoms with Crippen molar-refractivity contribution in [2.24, 2.45) is 5.92 Å². The Morgan fingerprint density at radius 2 is 1.83 bits per heavy atom. The summed E-state index contributed by atoms with van der Waals surface area (Å²) < 4.78 is 5.75. The van der Waals surface area contributed by atoms with Crippen LogP contribution in [0, 0.1) is 5.92 Å². The summed E-state index contributed by atoms with van der Waals surface area (Å²) in [5, 5.41) is 0.597. The first-order chi connectivity index (χ1) is 11.7. The number of carbonyl (C=O) groups is 1. The number of hydrogen-bond donors (Lipinski definition) is 0. The van der Waals surface area contributed by atoms with Crippen molar-refractivity contribution in [1.29, 1.82) is 0 Å². The second kappa shape index (κ2) is 7.82. The predicted molar refractivity (Wildman–Crippen MR) is 96.3 cm³/mol. The van der Waals surface area contributed by atoms with Crippen LogP contribution in [0.5, 0.6) is 0 Å². The van der Waals surface area contributed by atoms with Crippen molar-refractivity contribution in [3.63, 3.8) is 0 Å². The highest BCUT2D eigenvalue weighted by Crippen LogP contribution is 2.33. The highest BCUT2D eigenvalue weighted by Gasteiger charge is 2.29. The monoisotopic (exact) mass is 343 g/mol. The molecule has 3 rings (SSSR count). The van der Waals surface area contributed by atoms with Crippen LogP contribution in [0.4, 0.5) is 0 Å². The second-order valence-electron chi connectivity index (χ2n) is 6.21. The van der Waals surface area contributed by atoms with Gasteiger partial charge in [-0.15, -0.1) is 0 Å². The molecule has 2 aromatic carbocycles. The molecule has 0 radical (unpaired) electrons. The molecule has 0 saturated carbocycles. The van der Waals surface area contributed by atoms with E-state index in [2.05, 4.69) is 12.1 Å². The number of nitrogens with zero attached hydrogens (tertiary/aromatic N) is 1. The summed E-state index contributed by atoms with van der Waals surface area (Å²) >= 11 is 5.99. The van der Waals surface area contributed by atoms with Crippen LogP contribution in [0.25, 0.3) is 0 Å². The molecule has 0 N–H and O–H groups in total. The summed E-state index contributed by atoms with van der Waals surface area (Å²) in [4.78, 5) is 14.5. The molecule has 4 heteroatoms. The van der Waals surface area contributed by atoms with E-state index in [0.29, 0.717) is 16.5 Å². The molecule has 1 unspecified atom stereocenters. The van der Waals surface area contributed by atoms with E-state index >= 15 is 0 Å². The van der Waals surface area contributed by atoms with Gasteiger partial charge < -0.3 is 9.64 Å². The van der Waals surface area contributed by atoms with E-state index in [9.17, 15) is 4.79 Å². The van der Waals surface area contributed by atoms with Gasteiger partial charge in [0.1, 0.15) is 0 Å². The van der Waals surface area contributed by atoms with E-state index < -0.39 is 0 Å². The molecule has 3 nitrogen and oxygen atoms in total. The van der Waals surface area contributed by atoms with Crippen molar-refractivity contribution >= 4 is 17.5 Å². The number of likely N-dealkylation sites (tertiary alicyclic amines) is 1. The van der Waals surface area contributed by atoms with Crippen molar-refractivity contribution in [1.82, 2.24) is 4.90 Å². The summed E-state index contributed by atoms with van der Waals surface area (Å²) in [5.74, 6) is 0.491. The molecule has 1 aliphatic heterocycles. The molecular formula is C20H22ClNO2. The summed E-state index contributed by atoms with van der Waals surface area (Å²) in [6.45, 7) is 1.51. The first-order valence-electron chi connectivity index (χ1n) is 8.31. The number of piperidine rings is 1. The average molecular weight is 344 g/mol. The zero-order chi connectivity index (χ0) is 16.9. The molecule has 24 heavy (non-hydrogen) atoms. The predicted octanol–water partition coefficient (Wildman–Crippen LogP) is 4.58. The van der Waals surface area contributed by atoms with Gasteiger partial charge in [0, 0.05) is 30.8 Å². The average Bonchev–Trinajstić information content (AvgIpc) is 2.63. The lowest BCUT2D eigenvalue weighted by Gasteiger charge is -2.35. The number of carbonyl (C=O) groups excluding carboxylic acids is 1. The second-order valence-corrected chi connectivity index (χ2v) is 6.64. The largest absolute Gasteiger partial charge is 0.376 e. The zero-order valence-corrected chi connectivity index (χ0v) is 14.6. The van der Waals surface area contributed by atoms with Gasteiger partial charge in [-0.05, 0) is 42.5 Å². The Kier molecular flexibility index (Phi) is 5.54. The molecule has 1 aliphatic rings. The molecule has 0 spiro atoms. The van der Waals surface area contributed by atoms with Gasteiger partial charge in [-0.1, -0.05) is 48.0 Å². The van der Waals surface area contributed by atoms with Crippen molar-refractivity contribution < 1.29 is 9.53 Å². The molecule has 1 heterocycles. The third kappa shape index (κ3) is 3.80. The van der Waals surface area contributed by atoms with Gasteiger partial charge in [-0.2, -0.15) is 0 Å². The number of rotatable bonds is 4. The normalized spacial score (nSPS) is 16.8. The minimum Gasteiger partial charge on any atom is -0.376 e. The summed E-state index contributed by atoms with van der Waals surface area (Å²) in [7, 11) is 1.77. The molecule has 2 aromatic rings. The maximum atomic E-state index is 12.6. The fourth-order valence-corrected chi connectivity index (χ4v) is 3.64. The Morgan fingerprint density at radius 3 is 2.46 bits per heavy atom. The lowest BCUT2D eigenvalue weighted by molar-refractivity contribution is 0.0195. The number of halogens is 1. The Balaban J connectivity index is 1.64. The lowest BCUT2D eigenvalue weighted by Crippen LogP contribution is -2.40. The zero-order valence-electron chi connectivity index (χ0n) is 13.8. The highest BCUT2D eigenvalue weighted by molar-refractivity contribution is 6.30. The first-order valence-corrected chi connectivity index (χ1v) is 8.69. The van der Waals surface area contributed by atoms with Crippen LogP contribution in [-0.2, 0) is 4.74 Å². The van der Waals surface area contributed by atoms with E-state index in [1.54, 1.807) is 19.2 Å². The molecule has 1 fully saturated rings. The molecule has 0 bridgehead atoms. The Morgan fingerprint density at radius 1 is 1.12 bits per heavy atom. The van der Waals surface area contributed by atoms with Gasteiger partial charge in [-0.25, -0.2) is 0 Å². The summed E-state index contributed by atoms with van der Waals surface area (Å²) in [5.41, 5.74) is 1.87. The van der Waals surface area contributed by atoms with E-state index in [4.69, 9.17) is 16.3 Å². The van der Waals surface area contributed by atoms with Crippen LogP contribution in [-0.4, -0.2) is 31.0 Å². The molecule has 1 amide bonds. The fraction of sp³-hybridized carbons (Fsp3) is 0.350. The van der Waals surface area contributed by atoms with Gasteiger partial charge in [0.2, 0.25) is 0 Å². The van der Waals surface area contributed by atoms with Crippen LogP contribution in [0.1, 0.15) is 34.9 Å². The number of amides is 1. The highest BCUT2D eigenvalue weighted by atomic mass is 35.5. The summed E-state index contributed by atoms with van der Waals surface area (Å²) in [6, 6.07) is 17.5. The molecule has 1 atom stereocenters. The van der Waals surface area contributed by atoms with E-state index in [1.807, 2.05) is 35.2 Å². The first kappa shape index (κ1) is 17.0. The van der Waals surface area contributed by atoms with Gasteiger partial charge in [0.05, 0.1) is 6.10 Å². The van der Waals surface area contributed by atoms with Crippen LogP contribution in [0.2, 0.25) is 5.02 Å². The molecule has 0 aromatic heterocycles. The Bertz CT molecular complexity index is 681. The number of benzene rings is 2. The maximum Gasteiger partial charge on any atom is 0.253 e. The van der Waals surface area contributed by atoms with Crippen LogP contribution < -0.4 is 0 Å². The van der Waals surface area contributed by atoms with Gasteiger partial charge >= 0.3 is 0 Å². The van der Waals surface area contributed by atoms with Gasteiger partial charge in [0.25, 0.3) is 5.91 Å². The van der Waals surface area contributed by atoms with Gasteiger partial charge in [-0.3, -0.25) is 4.79 Å². The van der Waals surface area contributed by atoms with Crippen molar-refractivity contribution in [3.05, 3.63) is 70.7 Å². The van der Waals surface area contributed by atoms with Crippen molar-refractivity contribution in [2.75, 3.05) is 20.2 Å². The summed E-state index contributed by atoms with van der Waals surface area (Å²) in [6.07, 6.45) is 1.98. The van der Waals surface area contributed by atoms with Crippen molar-refractivity contribution in [2.45, 2.75) is 18.9 Å². The Labute approximate surface area is 148 Å². The number of hydrogen-bond acceptors (Lipinski definition) is 2. The molecular weight excluding hydrogens is 322 g/mol. The molecule has 126 valence electrons.